The van der Waals surface area contributed by atoms with Crippen LogP contribution in [0.15, 0.2) is 65.4 Å². The molecule has 1 N–H and O–H groups in total. The van der Waals surface area contributed by atoms with E-state index in [-0.39, 0.29) is 0 Å². The number of nitrogens with zero attached hydrogens (tertiary/aromatic N) is 3. The zero-order chi connectivity index (χ0) is 15.6. The number of benzene rings is 2. The second-order valence-corrected chi connectivity index (χ2v) is 5.29. The lowest BCUT2D eigenvalue weighted by Gasteiger charge is -2.05. The Bertz CT molecular complexity index is 963. The molecule has 5 heteroatoms. The minimum absolute atomic E-state index is 0.549. The van der Waals surface area contributed by atoms with Crippen molar-refractivity contribution in [3.63, 3.8) is 0 Å². The third-order valence-electron chi connectivity index (χ3n) is 3.58. The van der Waals surface area contributed by atoms with Crippen molar-refractivity contribution < 1.29 is 4.52 Å². The number of hydrogen-bond donors (Lipinski definition) is 1. The van der Waals surface area contributed by atoms with Gasteiger partial charge >= 0.3 is 0 Å². The highest BCUT2D eigenvalue weighted by Gasteiger charge is 2.16. The van der Waals surface area contributed by atoms with E-state index in [2.05, 4.69) is 20.4 Å². The molecule has 23 heavy (non-hydrogen) atoms. The molecule has 0 aliphatic heterocycles. The number of fused-ring (bicyclic) bond motifs is 1. The number of anilines is 2. The van der Waals surface area contributed by atoms with Gasteiger partial charge in [0, 0.05) is 11.3 Å². The van der Waals surface area contributed by atoms with E-state index in [1.807, 2.05) is 61.5 Å². The quantitative estimate of drug-likeness (QED) is 0.610. The van der Waals surface area contributed by atoms with Gasteiger partial charge in [0.25, 0.3) is 0 Å². The van der Waals surface area contributed by atoms with Crippen molar-refractivity contribution in [1.29, 1.82) is 0 Å². The molecule has 0 radical (unpaired) electrons. The van der Waals surface area contributed by atoms with Gasteiger partial charge in [0.1, 0.15) is 17.5 Å². The molecule has 2 aromatic heterocycles. The fraction of sp³-hybridized carbons (Fsp3) is 0.0556. The lowest BCUT2D eigenvalue weighted by molar-refractivity contribution is 0.459. The summed E-state index contributed by atoms with van der Waals surface area (Å²) in [6, 6.07) is 17.9. The molecule has 112 valence electrons. The summed E-state index contributed by atoms with van der Waals surface area (Å²) in [5, 5.41) is 7.44. The van der Waals surface area contributed by atoms with E-state index >= 15 is 0 Å². The van der Waals surface area contributed by atoms with Gasteiger partial charge in [-0.15, -0.1) is 0 Å². The van der Waals surface area contributed by atoms with E-state index < -0.39 is 0 Å². The molecule has 0 aliphatic carbocycles. The van der Waals surface area contributed by atoms with Crippen LogP contribution in [0.1, 0.15) is 5.56 Å². The van der Waals surface area contributed by atoms with Crippen LogP contribution in [0.25, 0.3) is 22.4 Å². The number of rotatable bonds is 3. The highest BCUT2D eigenvalue weighted by molar-refractivity contribution is 5.94. The smallest absolute Gasteiger partial charge is 0.228 e. The first-order chi connectivity index (χ1) is 11.3. The maximum Gasteiger partial charge on any atom is 0.228 e. The van der Waals surface area contributed by atoms with Crippen molar-refractivity contribution in [3.8, 4) is 11.3 Å². The zero-order valence-electron chi connectivity index (χ0n) is 12.5. The van der Waals surface area contributed by atoms with Crippen LogP contribution in [-0.4, -0.2) is 15.1 Å². The first kappa shape index (κ1) is 13.5. The van der Waals surface area contributed by atoms with E-state index in [1.165, 1.54) is 11.9 Å². The van der Waals surface area contributed by atoms with Gasteiger partial charge < -0.3 is 9.84 Å². The van der Waals surface area contributed by atoms with Crippen LogP contribution in [0, 0.1) is 6.92 Å². The fourth-order valence-corrected chi connectivity index (χ4v) is 2.50. The predicted octanol–water partition coefficient (Wildman–Crippen LogP) is 4.34. The number of aryl methyl sites for hydroxylation is 1. The second-order valence-electron chi connectivity index (χ2n) is 5.29. The van der Waals surface area contributed by atoms with Crippen LogP contribution in [0.4, 0.5) is 11.5 Å². The molecule has 2 heterocycles. The summed E-state index contributed by atoms with van der Waals surface area (Å²) in [7, 11) is 0. The first-order valence-corrected chi connectivity index (χ1v) is 7.31. The van der Waals surface area contributed by atoms with Crippen molar-refractivity contribution in [2.45, 2.75) is 6.92 Å². The molecule has 0 amide bonds. The SMILES string of the molecule is Cc1cccc(Nc2ncnc3c(-c4ccccc4)noc23)c1. The maximum absolute atomic E-state index is 5.50. The highest BCUT2D eigenvalue weighted by atomic mass is 16.5. The average molecular weight is 302 g/mol. The molecule has 5 nitrogen and oxygen atoms in total. The van der Waals surface area contributed by atoms with Crippen molar-refractivity contribution in [2.24, 2.45) is 0 Å². The first-order valence-electron chi connectivity index (χ1n) is 7.31. The van der Waals surface area contributed by atoms with E-state index in [9.17, 15) is 0 Å². The molecule has 0 aliphatic rings. The Kier molecular flexibility index (Phi) is 3.24. The fourth-order valence-electron chi connectivity index (χ4n) is 2.50. The van der Waals surface area contributed by atoms with E-state index in [0.29, 0.717) is 16.9 Å². The van der Waals surface area contributed by atoms with Crippen LogP contribution in [0.3, 0.4) is 0 Å². The van der Waals surface area contributed by atoms with Crippen LogP contribution in [0.2, 0.25) is 0 Å². The molecule has 0 spiro atoms. The summed E-state index contributed by atoms with van der Waals surface area (Å²) in [6.07, 6.45) is 1.52. The summed E-state index contributed by atoms with van der Waals surface area (Å²) >= 11 is 0. The van der Waals surface area contributed by atoms with Crippen LogP contribution >= 0.6 is 0 Å². The molecule has 4 rings (SSSR count). The third-order valence-corrected chi connectivity index (χ3v) is 3.58. The summed E-state index contributed by atoms with van der Waals surface area (Å²) in [6.45, 7) is 2.04. The van der Waals surface area contributed by atoms with Gasteiger partial charge in [-0.1, -0.05) is 47.6 Å². The summed E-state index contributed by atoms with van der Waals surface area (Å²) < 4.78 is 5.50. The van der Waals surface area contributed by atoms with Crippen molar-refractivity contribution in [3.05, 3.63) is 66.5 Å². The molecular formula is C18H14N4O. The molecule has 0 fully saturated rings. The number of hydrogen-bond acceptors (Lipinski definition) is 5. The summed E-state index contributed by atoms with van der Waals surface area (Å²) in [5.74, 6) is 0.607. The van der Waals surface area contributed by atoms with Gasteiger partial charge in [-0.2, -0.15) is 0 Å². The van der Waals surface area contributed by atoms with E-state index in [1.54, 1.807) is 0 Å². The Labute approximate surface area is 133 Å². The van der Waals surface area contributed by atoms with Crippen LogP contribution < -0.4 is 5.32 Å². The maximum atomic E-state index is 5.50. The van der Waals surface area contributed by atoms with Gasteiger partial charge in [0.2, 0.25) is 5.58 Å². The summed E-state index contributed by atoms with van der Waals surface area (Å²) in [4.78, 5) is 8.61. The zero-order valence-corrected chi connectivity index (χ0v) is 12.5. The molecule has 0 saturated carbocycles. The molecule has 0 saturated heterocycles. The normalized spacial score (nSPS) is 10.8. The van der Waals surface area contributed by atoms with Gasteiger partial charge in [0.15, 0.2) is 5.82 Å². The Hall–Kier alpha value is -3.21. The molecule has 4 aromatic rings. The number of nitrogens with one attached hydrogen (secondary N) is 1. The van der Waals surface area contributed by atoms with Crippen LogP contribution in [-0.2, 0) is 0 Å². The standard InChI is InChI=1S/C18H14N4O/c1-12-6-5-9-14(10-12)21-18-17-16(19-11-20-18)15(22-23-17)13-7-3-2-4-8-13/h2-11H,1H3,(H,19,20,21). The number of aromatic nitrogens is 3. The van der Waals surface area contributed by atoms with Crippen molar-refractivity contribution >= 4 is 22.6 Å². The minimum Gasteiger partial charge on any atom is -0.350 e. The van der Waals surface area contributed by atoms with Gasteiger partial charge in [-0.3, -0.25) is 0 Å². The lowest BCUT2D eigenvalue weighted by Crippen LogP contribution is -1.95. The third kappa shape index (κ3) is 2.53. The Morgan fingerprint density at radius 1 is 0.957 bits per heavy atom. The topological polar surface area (TPSA) is 63.8 Å². The molecule has 2 aromatic carbocycles. The van der Waals surface area contributed by atoms with Crippen LogP contribution in [0.5, 0.6) is 0 Å². The lowest BCUT2D eigenvalue weighted by atomic mass is 10.1. The Morgan fingerprint density at radius 2 is 1.83 bits per heavy atom. The molecule has 0 bridgehead atoms. The summed E-state index contributed by atoms with van der Waals surface area (Å²) in [5.41, 5.74) is 5.04. The van der Waals surface area contributed by atoms with Crippen molar-refractivity contribution in [1.82, 2.24) is 15.1 Å². The Morgan fingerprint density at radius 3 is 2.65 bits per heavy atom. The minimum atomic E-state index is 0.549. The van der Waals surface area contributed by atoms with Gasteiger partial charge in [-0.05, 0) is 24.6 Å². The monoisotopic (exact) mass is 302 g/mol. The second kappa shape index (κ2) is 5.53. The van der Waals surface area contributed by atoms with Crippen molar-refractivity contribution in [2.75, 3.05) is 5.32 Å². The molecule has 0 unspecified atom stereocenters. The largest absolute Gasteiger partial charge is 0.350 e. The highest BCUT2D eigenvalue weighted by Crippen LogP contribution is 2.30. The van der Waals surface area contributed by atoms with E-state index in [0.717, 1.165) is 16.9 Å². The molecule has 0 atom stereocenters. The predicted molar refractivity (Wildman–Crippen MR) is 89.5 cm³/mol. The average Bonchev–Trinajstić information content (AvgIpc) is 3.01. The Balaban J connectivity index is 1.79. The van der Waals surface area contributed by atoms with Gasteiger partial charge in [0.05, 0.1) is 0 Å². The molecular weight excluding hydrogens is 288 g/mol. The van der Waals surface area contributed by atoms with Gasteiger partial charge in [-0.25, -0.2) is 9.97 Å². The van der Waals surface area contributed by atoms with E-state index in [4.69, 9.17) is 4.52 Å².